The second kappa shape index (κ2) is 16.5. The van der Waals surface area contributed by atoms with Crippen LogP contribution in [0.4, 0.5) is 45.5 Å². The zero-order valence-corrected chi connectivity index (χ0v) is 33.7. The van der Waals surface area contributed by atoms with Crippen molar-refractivity contribution < 1.29 is 64.5 Å². The van der Waals surface area contributed by atoms with Crippen LogP contribution in [0.2, 0.25) is 0 Å². The first-order valence-electron chi connectivity index (χ1n) is 15.8. The van der Waals surface area contributed by atoms with Gasteiger partial charge in [0.25, 0.3) is 30.4 Å². The molecule has 0 aliphatic carbocycles. The van der Waals surface area contributed by atoms with Crippen molar-refractivity contribution in [1.29, 1.82) is 0 Å². The fourth-order valence-corrected chi connectivity index (χ4v) is 8.35. The number of azo groups is 3. The molecule has 312 valence electrons. The number of rotatable bonds is 14. The Morgan fingerprint density at radius 2 is 1.07 bits per heavy atom. The fourth-order valence-electron chi connectivity index (χ4n) is 4.98. The number of aryl methyl sites for hydroxylation is 1. The van der Waals surface area contributed by atoms with Crippen LogP contribution in [0.1, 0.15) is 5.56 Å². The van der Waals surface area contributed by atoms with Gasteiger partial charge in [-0.05, 0) is 67.6 Å². The minimum atomic E-state index is -5.22. The molecule has 5 aromatic carbocycles. The van der Waals surface area contributed by atoms with Gasteiger partial charge in [0.05, 0.1) is 50.6 Å². The summed E-state index contributed by atoms with van der Waals surface area (Å²) in [5.41, 5.74) is 10.9. The molecule has 8 N–H and O–H groups in total. The zero-order valence-electron chi connectivity index (χ0n) is 29.6. The predicted octanol–water partition coefficient (Wildman–Crippen LogP) is 5.89. The summed E-state index contributed by atoms with van der Waals surface area (Å²) in [7, 11) is -24.5. The minimum Gasteiger partial charge on any atom is -0.396 e. The Kier molecular flexibility index (Phi) is 12.4. The number of nitrogens with zero attached hydrogens (tertiary/aromatic N) is 6. The van der Waals surface area contributed by atoms with Crippen LogP contribution < -0.4 is 11.5 Å². The standard InChI is InChI=1S/C31H28N8O15S5/c1-17-2-4-18(5-3-17)34-39-31-29(32)26(16-28(30(31)33)58(48,49)50)38-35-23-10-11-24(22-14-20(56(42,43)44)6-8-21(22)23)36-37-25-9-7-19(15-27(25)57(45,46)47)55(40,41)13-12-54-59(51,52)53/h2-11,14-16H,12-13,32-33H2,1H3,(H,42,43,44)(H,45,46,47)(H,48,49,50)(H,51,52,53). The number of hydrogen-bond acceptors (Lipinski definition) is 19. The number of hydrogen-bond donors (Lipinski definition) is 6. The van der Waals surface area contributed by atoms with Crippen molar-refractivity contribution in [2.24, 2.45) is 30.7 Å². The molecule has 0 bridgehead atoms. The molecule has 0 spiro atoms. The lowest BCUT2D eigenvalue weighted by Gasteiger charge is -2.11. The van der Waals surface area contributed by atoms with Gasteiger partial charge >= 0.3 is 10.4 Å². The van der Waals surface area contributed by atoms with Crippen LogP contribution in [0.15, 0.2) is 129 Å². The average molecular weight is 913 g/mol. The van der Waals surface area contributed by atoms with E-state index in [4.69, 9.17) is 16.0 Å². The van der Waals surface area contributed by atoms with E-state index < -0.39 is 93.9 Å². The van der Waals surface area contributed by atoms with E-state index in [0.29, 0.717) is 11.8 Å². The molecule has 0 radical (unpaired) electrons. The number of fused-ring (bicyclic) bond motifs is 1. The Bertz CT molecular complexity index is 3180. The molecule has 0 aliphatic heterocycles. The SMILES string of the molecule is Cc1ccc(N=Nc2c(N)c(N=Nc3ccc(N=Nc4ccc(S(=O)(=O)CCOS(=O)(=O)O)cc4S(=O)(=O)O)c4cc(S(=O)(=O)O)ccc34)cc(S(=O)(=O)O)c2N)cc1. The van der Waals surface area contributed by atoms with Crippen LogP contribution >= 0.6 is 0 Å². The maximum Gasteiger partial charge on any atom is 0.397 e. The molecule has 0 saturated heterocycles. The van der Waals surface area contributed by atoms with Crippen molar-refractivity contribution >= 4 is 107 Å². The Labute approximate surface area is 335 Å². The van der Waals surface area contributed by atoms with Crippen molar-refractivity contribution in [1.82, 2.24) is 0 Å². The van der Waals surface area contributed by atoms with Crippen LogP contribution in [-0.2, 0) is 54.8 Å². The lowest BCUT2D eigenvalue weighted by atomic mass is 10.1. The molecule has 0 atom stereocenters. The third-order valence-electron chi connectivity index (χ3n) is 7.82. The Balaban J connectivity index is 1.60. The summed E-state index contributed by atoms with van der Waals surface area (Å²) in [6.45, 7) is 0.791. The van der Waals surface area contributed by atoms with Gasteiger partial charge in [-0.15, -0.1) is 25.6 Å². The Morgan fingerprint density at radius 3 is 1.64 bits per heavy atom. The van der Waals surface area contributed by atoms with Gasteiger partial charge in [0.15, 0.2) is 9.84 Å². The van der Waals surface area contributed by atoms with Gasteiger partial charge in [-0.3, -0.25) is 18.2 Å². The zero-order chi connectivity index (χ0) is 43.7. The Hall–Kier alpha value is -5.69. The van der Waals surface area contributed by atoms with Crippen molar-refractivity contribution in [2.75, 3.05) is 23.8 Å². The van der Waals surface area contributed by atoms with Crippen LogP contribution in [0.3, 0.4) is 0 Å². The molecule has 0 unspecified atom stereocenters. The predicted molar refractivity (Wildman–Crippen MR) is 208 cm³/mol. The van der Waals surface area contributed by atoms with Gasteiger partial charge < -0.3 is 11.5 Å². The third-order valence-corrected chi connectivity index (χ3v) is 12.6. The quantitative estimate of drug-likeness (QED) is 0.0429. The summed E-state index contributed by atoms with van der Waals surface area (Å²) in [6.07, 6.45) is 0. The average Bonchev–Trinajstić information content (AvgIpc) is 3.12. The van der Waals surface area contributed by atoms with Crippen molar-refractivity contribution in [2.45, 2.75) is 26.5 Å². The highest BCUT2D eigenvalue weighted by Gasteiger charge is 2.25. The minimum absolute atomic E-state index is 0.0458. The van der Waals surface area contributed by atoms with Gasteiger partial charge in [0.2, 0.25) is 0 Å². The van der Waals surface area contributed by atoms with E-state index in [1.165, 1.54) is 12.1 Å². The van der Waals surface area contributed by atoms with Gasteiger partial charge in [0.1, 0.15) is 26.9 Å². The first kappa shape index (κ1) is 44.4. The van der Waals surface area contributed by atoms with Crippen molar-refractivity contribution in [3.05, 3.63) is 84.4 Å². The highest BCUT2D eigenvalue weighted by molar-refractivity contribution is 7.91. The molecule has 59 heavy (non-hydrogen) atoms. The van der Waals surface area contributed by atoms with Crippen LogP contribution in [0.5, 0.6) is 0 Å². The number of nitrogen functional groups attached to an aromatic ring is 2. The van der Waals surface area contributed by atoms with E-state index in [-0.39, 0.29) is 39.2 Å². The van der Waals surface area contributed by atoms with Crippen molar-refractivity contribution in [3.63, 3.8) is 0 Å². The van der Waals surface area contributed by atoms with Crippen LogP contribution in [-0.4, -0.2) is 72.7 Å². The summed E-state index contributed by atoms with van der Waals surface area (Å²) in [6, 6.07) is 15.1. The largest absolute Gasteiger partial charge is 0.397 e. The van der Waals surface area contributed by atoms with Crippen LogP contribution in [0.25, 0.3) is 10.8 Å². The monoisotopic (exact) mass is 912 g/mol. The van der Waals surface area contributed by atoms with Gasteiger partial charge in [-0.2, -0.15) is 38.8 Å². The summed E-state index contributed by atoms with van der Waals surface area (Å²) >= 11 is 0. The maximum atomic E-state index is 12.7. The summed E-state index contributed by atoms with van der Waals surface area (Å²) in [4.78, 5) is -3.29. The molecule has 23 nitrogen and oxygen atoms in total. The molecule has 5 rings (SSSR count). The van der Waals surface area contributed by atoms with Gasteiger partial charge in [0, 0.05) is 10.8 Å². The Morgan fingerprint density at radius 1 is 0.525 bits per heavy atom. The van der Waals surface area contributed by atoms with Crippen LogP contribution in [0, 0.1) is 6.92 Å². The highest BCUT2D eigenvalue weighted by atomic mass is 32.3. The topological polar surface area (TPSA) is 387 Å². The molecule has 0 saturated carbocycles. The molecule has 0 aliphatic rings. The lowest BCUT2D eigenvalue weighted by molar-refractivity contribution is 0.284. The second-order valence-electron chi connectivity index (χ2n) is 11.9. The summed E-state index contributed by atoms with van der Waals surface area (Å²) in [5.74, 6) is -1.04. The maximum absolute atomic E-state index is 12.7. The molecule has 0 aromatic heterocycles. The molecule has 0 amide bonds. The highest BCUT2D eigenvalue weighted by Crippen LogP contribution is 2.44. The van der Waals surface area contributed by atoms with E-state index in [0.717, 1.165) is 42.0 Å². The molecule has 5 aromatic rings. The first-order valence-corrected chi connectivity index (χ1v) is 23.1. The van der Waals surface area contributed by atoms with Crippen molar-refractivity contribution in [3.8, 4) is 0 Å². The normalized spacial score (nSPS) is 13.3. The second-order valence-corrected chi connectivity index (χ2v) is 19.3. The summed E-state index contributed by atoms with van der Waals surface area (Å²) < 4.78 is 162. The lowest BCUT2D eigenvalue weighted by Crippen LogP contribution is -2.16. The molecule has 28 heteroatoms. The molecule has 0 heterocycles. The summed E-state index contributed by atoms with van der Waals surface area (Å²) in [5, 5.41) is 23.8. The molecule has 0 fully saturated rings. The molecular weight excluding hydrogens is 885 g/mol. The fraction of sp³-hybridized carbons (Fsp3) is 0.0968. The number of sulfone groups is 1. The van der Waals surface area contributed by atoms with E-state index in [1.807, 2.05) is 6.92 Å². The number of benzene rings is 5. The molecular formula is C31H28N8O15S5. The first-order chi connectivity index (χ1) is 27.2. The smallest absolute Gasteiger partial charge is 0.396 e. The van der Waals surface area contributed by atoms with E-state index >= 15 is 0 Å². The number of nitrogens with two attached hydrogens (primary N) is 2. The van der Waals surface area contributed by atoms with Gasteiger partial charge in [-0.1, -0.05) is 23.8 Å². The van der Waals surface area contributed by atoms with E-state index in [9.17, 15) is 55.7 Å². The number of anilines is 2. The van der Waals surface area contributed by atoms with Gasteiger partial charge in [-0.25, -0.2) is 12.6 Å². The van der Waals surface area contributed by atoms with E-state index in [2.05, 4.69) is 34.9 Å². The third kappa shape index (κ3) is 10.9. The van der Waals surface area contributed by atoms with E-state index in [1.54, 1.807) is 24.3 Å².